The second-order valence-electron chi connectivity index (χ2n) is 8.55. The van der Waals surface area contributed by atoms with Crippen molar-refractivity contribution in [1.82, 2.24) is 15.0 Å². The van der Waals surface area contributed by atoms with E-state index in [0.29, 0.717) is 29.6 Å². The minimum absolute atomic E-state index is 0.00561. The first-order valence-corrected chi connectivity index (χ1v) is 12.8. The molecule has 0 aliphatic heterocycles. The molecule has 0 saturated heterocycles. The average molecular weight is 502 g/mol. The highest BCUT2D eigenvalue weighted by atomic mass is 32.2. The van der Waals surface area contributed by atoms with Gasteiger partial charge in [0, 0.05) is 30.1 Å². The van der Waals surface area contributed by atoms with E-state index in [0.717, 1.165) is 42.0 Å². The molecular weight excluding hydrogens is 474 g/mol. The number of aliphatic hydroxyl groups is 1. The van der Waals surface area contributed by atoms with Crippen LogP contribution < -0.4 is 10.6 Å². The average Bonchev–Trinajstić information content (AvgIpc) is 3.69. The molecule has 1 aromatic carbocycles. The van der Waals surface area contributed by atoms with E-state index in [-0.39, 0.29) is 11.4 Å². The van der Waals surface area contributed by atoms with Crippen molar-refractivity contribution in [1.29, 1.82) is 0 Å². The number of rotatable bonds is 9. The van der Waals surface area contributed by atoms with Crippen LogP contribution in [-0.4, -0.2) is 39.3 Å². The Morgan fingerprint density at radius 2 is 1.97 bits per heavy atom. The van der Waals surface area contributed by atoms with Crippen LogP contribution in [0.25, 0.3) is 11.4 Å². The number of pyridine rings is 1. The molecule has 1 saturated carbocycles. The van der Waals surface area contributed by atoms with Gasteiger partial charge in [-0.15, -0.1) is 0 Å². The number of carbonyl (C=O) groups is 1. The van der Waals surface area contributed by atoms with Crippen LogP contribution in [0.4, 0.5) is 16.3 Å². The summed E-state index contributed by atoms with van der Waals surface area (Å²) in [5, 5.41) is 16.2. The number of nitrogens with zero attached hydrogens (tertiary/aromatic N) is 3. The van der Waals surface area contributed by atoms with E-state index in [2.05, 4.69) is 20.6 Å². The summed E-state index contributed by atoms with van der Waals surface area (Å²) in [4.78, 5) is 26.3. The van der Waals surface area contributed by atoms with E-state index in [1.165, 1.54) is 0 Å². The highest BCUT2D eigenvalue weighted by Crippen LogP contribution is 2.58. The summed E-state index contributed by atoms with van der Waals surface area (Å²) < 4.78 is 5.19. The van der Waals surface area contributed by atoms with Crippen molar-refractivity contribution >= 4 is 29.4 Å². The summed E-state index contributed by atoms with van der Waals surface area (Å²) in [6.45, 7) is 0.401. The van der Waals surface area contributed by atoms with Gasteiger partial charge in [-0.25, -0.2) is 19.7 Å². The second kappa shape index (κ2) is 10.9. The van der Waals surface area contributed by atoms with E-state index >= 15 is 0 Å². The lowest BCUT2D eigenvalue weighted by Gasteiger charge is -2.17. The first-order chi connectivity index (χ1) is 17.6. The Hall–Kier alpha value is -3.69. The second-order valence-corrected chi connectivity index (χ2v) is 9.96. The van der Waals surface area contributed by atoms with Gasteiger partial charge in [0.25, 0.3) is 0 Å². The number of aromatic nitrogens is 3. The van der Waals surface area contributed by atoms with Gasteiger partial charge in [-0.3, -0.25) is 5.32 Å². The number of anilines is 2. The number of amides is 1. The third-order valence-corrected chi connectivity index (χ3v) is 7.27. The lowest BCUT2D eigenvalue weighted by molar-refractivity contribution is 0.194. The van der Waals surface area contributed by atoms with Crippen molar-refractivity contribution in [2.45, 2.75) is 35.5 Å². The van der Waals surface area contributed by atoms with Gasteiger partial charge in [0.05, 0.1) is 22.1 Å². The predicted octanol–water partition coefficient (Wildman–Crippen LogP) is 5.51. The molecule has 0 spiro atoms. The van der Waals surface area contributed by atoms with Gasteiger partial charge in [0.2, 0.25) is 0 Å². The molecule has 0 bridgehead atoms. The molecule has 2 aliphatic rings. The molecule has 2 heterocycles. The number of benzene rings is 1. The van der Waals surface area contributed by atoms with Gasteiger partial charge in [0.15, 0.2) is 5.82 Å². The number of thioether (sulfide) groups is 1. The fourth-order valence-corrected chi connectivity index (χ4v) is 5.01. The molecule has 5 rings (SSSR count). The standard InChI is InChI=1S/C27H27N5O3S/c33-17-16-28-23-18-22(27(13-14-27)36-24-8-4-5-15-29-24)31-25(32-23)19-9-11-20(12-10-19)30-26(34)35-21-6-2-1-3-7-21/h2,4-12,15,18,33H,1,3,13-14,16-17H2,(H,30,34)(H,28,31,32). The quantitative estimate of drug-likeness (QED) is 0.352. The number of carbonyl (C=O) groups excluding carboxylic acids is 1. The topological polar surface area (TPSA) is 109 Å². The summed E-state index contributed by atoms with van der Waals surface area (Å²) in [5.41, 5.74) is 2.37. The number of hydrogen-bond donors (Lipinski definition) is 3. The molecule has 0 unspecified atom stereocenters. The van der Waals surface area contributed by atoms with E-state index in [9.17, 15) is 9.90 Å². The zero-order chi connectivity index (χ0) is 24.8. The SMILES string of the molecule is O=C(Nc1ccc(-c2nc(NCCO)cc(C3(Sc4ccccn4)CC3)n2)cc1)OC1=CCCC=C1. The summed E-state index contributed by atoms with van der Waals surface area (Å²) in [6.07, 6.45) is 10.8. The van der Waals surface area contributed by atoms with Crippen LogP contribution in [0.2, 0.25) is 0 Å². The zero-order valence-corrected chi connectivity index (χ0v) is 20.5. The minimum atomic E-state index is -0.531. The van der Waals surface area contributed by atoms with Crippen LogP contribution in [0.3, 0.4) is 0 Å². The van der Waals surface area contributed by atoms with E-state index < -0.39 is 6.09 Å². The number of nitrogens with one attached hydrogen (secondary N) is 2. The third kappa shape index (κ3) is 5.92. The smallest absolute Gasteiger partial charge is 0.410 e. The van der Waals surface area contributed by atoms with Crippen molar-refractivity contribution < 1.29 is 14.6 Å². The van der Waals surface area contributed by atoms with Gasteiger partial charge in [-0.1, -0.05) is 23.9 Å². The molecule has 8 nitrogen and oxygen atoms in total. The molecule has 184 valence electrons. The highest BCUT2D eigenvalue weighted by Gasteiger charge is 2.47. The fourth-order valence-electron chi connectivity index (χ4n) is 3.83. The lowest BCUT2D eigenvalue weighted by atomic mass is 10.1. The maximum atomic E-state index is 12.2. The van der Waals surface area contributed by atoms with Crippen LogP contribution in [0.1, 0.15) is 31.4 Å². The molecule has 1 amide bonds. The summed E-state index contributed by atoms with van der Waals surface area (Å²) in [6, 6.07) is 15.2. The fraction of sp³-hybridized carbons (Fsp3) is 0.259. The van der Waals surface area contributed by atoms with E-state index in [4.69, 9.17) is 9.72 Å². The summed E-state index contributed by atoms with van der Waals surface area (Å²) >= 11 is 1.72. The van der Waals surface area contributed by atoms with Crippen LogP contribution in [0.5, 0.6) is 0 Å². The number of hydrogen-bond acceptors (Lipinski definition) is 8. The van der Waals surface area contributed by atoms with Crippen LogP contribution >= 0.6 is 11.8 Å². The van der Waals surface area contributed by atoms with Gasteiger partial charge in [-0.05, 0) is 74.2 Å². The zero-order valence-electron chi connectivity index (χ0n) is 19.7. The molecule has 2 aromatic heterocycles. The Morgan fingerprint density at radius 1 is 1.11 bits per heavy atom. The number of ether oxygens (including phenoxy) is 1. The van der Waals surface area contributed by atoms with Crippen molar-refractivity contribution in [3.63, 3.8) is 0 Å². The van der Waals surface area contributed by atoms with Crippen molar-refractivity contribution in [3.8, 4) is 11.4 Å². The first-order valence-electron chi connectivity index (χ1n) is 11.9. The van der Waals surface area contributed by atoms with Crippen LogP contribution in [0.15, 0.2) is 83.7 Å². The minimum Gasteiger partial charge on any atom is -0.410 e. The molecule has 36 heavy (non-hydrogen) atoms. The Kier molecular flexibility index (Phi) is 7.29. The largest absolute Gasteiger partial charge is 0.417 e. The van der Waals surface area contributed by atoms with Gasteiger partial charge in [0.1, 0.15) is 11.6 Å². The molecule has 0 radical (unpaired) electrons. The molecule has 1 fully saturated rings. The molecule has 0 atom stereocenters. The lowest BCUT2D eigenvalue weighted by Crippen LogP contribution is -2.13. The summed E-state index contributed by atoms with van der Waals surface area (Å²) in [5.74, 6) is 1.80. The molecule has 2 aliphatic carbocycles. The third-order valence-electron chi connectivity index (χ3n) is 5.81. The molecule has 3 aromatic rings. The normalized spacial score (nSPS) is 15.6. The monoisotopic (exact) mass is 501 g/mol. The summed E-state index contributed by atoms with van der Waals surface area (Å²) in [7, 11) is 0. The van der Waals surface area contributed by atoms with Crippen molar-refractivity contribution in [3.05, 3.63) is 84.4 Å². The van der Waals surface area contributed by atoms with Crippen LogP contribution in [0, 0.1) is 0 Å². The van der Waals surface area contributed by atoms with Gasteiger partial charge in [-0.2, -0.15) is 0 Å². The molecule has 3 N–H and O–H groups in total. The van der Waals surface area contributed by atoms with Gasteiger partial charge >= 0.3 is 6.09 Å². The van der Waals surface area contributed by atoms with Crippen molar-refractivity contribution in [2.75, 3.05) is 23.8 Å². The molecule has 9 heteroatoms. The first kappa shape index (κ1) is 24.0. The Morgan fingerprint density at radius 3 is 2.67 bits per heavy atom. The maximum absolute atomic E-state index is 12.2. The highest BCUT2D eigenvalue weighted by molar-refractivity contribution is 8.00. The van der Waals surface area contributed by atoms with E-state index in [1.807, 2.05) is 48.6 Å². The number of allylic oxidation sites excluding steroid dienone is 3. The predicted molar refractivity (Wildman–Crippen MR) is 141 cm³/mol. The van der Waals surface area contributed by atoms with Gasteiger partial charge < -0.3 is 15.2 Å². The van der Waals surface area contributed by atoms with Crippen LogP contribution in [-0.2, 0) is 9.48 Å². The Bertz CT molecular complexity index is 1270. The molecular formula is C27H27N5O3S. The van der Waals surface area contributed by atoms with E-state index in [1.54, 1.807) is 36.2 Å². The number of aliphatic hydroxyl groups excluding tert-OH is 1. The Labute approximate surface area is 213 Å². The van der Waals surface area contributed by atoms with Crippen molar-refractivity contribution in [2.24, 2.45) is 0 Å². The Balaban J connectivity index is 1.35. The maximum Gasteiger partial charge on any atom is 0.417 e.